The molecule has 0 radical (unpaired) electrons. The lowest BCUT2D eigenvalue weighted by Gasteiger charge is -2.34. The molecule has 3 atom stereocenters. The zero-order valence-corrected chi connectivity index (χ0v) is 29.7. The number of aromatic nitrogens is 1. The molecule has 10 nitrogen and oxygen atoms in total. The first-order chi connectivity index (χ1) is 22.2. The highest BCUT2D eigenvalue weighted by Crippen LogP contribution is 2.25. The van der Waals surface area contributed by atoms with Crippen LogP contribution in [0, 0.1) is 24.6 Å². The maximum Gasteiger partial charge on any atom is 0.321 e. The zero-order chi connectivity index (χ0) is 34.5. The molecule has 0 aliphatic carbocycles. The molecule has 0 unspecified atom stereocenters. The van der Waals surface area contributed by atoms with Crippen LogP contribution in [0.5, 0.6) is 0 Å². The number of sulfonamides is 1. The Balaban J connectivity index is 1.58. The number of aliphatic hydroxyl groups excluding tert-OH is 1. The van der Waals surface area contributed by atoms with Crippen molar-refractivity contribution in [1.82, 2.24) is 24.4 Å². The number of halogens is 2. The molecular formula is C33H43ClFN5O5S2. The number of nitrogens with one attached hydrogen (secondary N) is 1. The third kappa shape index (κ3) is 9.29. The van der Waals surface area contributed by atoms with Crippen molar-refractivity contribution in [3.63, 3.8) is 0 Å². The molecule has 1 aliphatic heterocycles. The molecule has 3 amide bonds. The van der Waals surface area contributed by atoms with Gasteiger partial charge in [0.25, 0.3) is 0 Å². The number of benzene rings is 2. The van der Waals surface area contributed by atoms with Crippen molar-refractivity contribution in [1.29, 1.82) is 0 Å². The fourth-order valence-corrected chi connectivity index (χ4v) is 8.20. The molecule has 1 aliphatic rings. The number of carbonyl (C=O) groups is 2. The Hall–Kier alpha value is -3.10. The third-order valence-electron chi connectivity index (χ3n) is 7.96. The first-order valence-electron chi connectivity index (χ1n) is 15.6. The predicted molar refractivity (Wildman–Crippen MR) is 181 cm³/mol. The van der Waals surface area contributed by atoms with Crippen molar-refractivity contribution in [2.75, 3.05) is 26.2 Å². The molecule has 0 bridgehead atoms. The summed E-state index contributed by atoms with van der Waals surface area (Å²) in [4.78, 5) is 35.0. The molecule has 0 spiro atoms. The van der Waals surface area contributed by atoms with E-state index in [9.17, 15) is 27.5 Å². The smallest absolute Gasteiger partial charge is 0.321 e. The highest BCUT2D eigenvalue weighted by Gasteiger charge is 2.40. The molecule has 0 saturated carbocycles. The Labute approximate surface area is 285 Å². The highest BCUT2D eigenvalue weighted by atomic mass is 35.5. The Morgan fingerprint density at radius 1 is 1.13 bits per heavy atom. The molecule has 47 heavy (non-hydrogen) atoms. The summed E-state index contributed by atoms with van der Waals surface area (Å²) in [5.41, 5.74) is 1.62. The predicted octanol–water partition coefficient (Wildman–Crippen LogP) is 4.94. The molecule has 2 N–H and O–H groups in total. The van der Waals surface area contributed by atoms with Gasteiger partial charge >= 0.3 is 6.03 Å². The molecule has 2 heterocycles. The standard InChI is InChI=1S/C33H43ClFN5O5S2/c1-21(2)17-39(47(44,45)26-11-12-28(35)27(34)16-26)19-30(41)29(15-24-9-7-6-8-10-24)37-32(42)31(22(3)4)40-14-13-38(33(40)43)18-25-20-46-23(5)36-25/h6-12,16,20-22,29-31,41H,13-15,17-19H2,1-5H3,(H,37,42)/t29-,30+,31-/m0/s1. The van der Waals surface area contributed by atoms with Crippen LogP contribution < -0.4 is 5.32 Å². The molecule has 4 rings (SSSR count). The molecule has 256 valence electrons. The van der Waals surface area contributed by atoms with E-state index < -0.39 is 39.9 Å². The van der Waals surface area contributed by atoms with E-state index in [1.807, 2.05) is 70.3 Å². The summed E-state index contributed by atoms with van der Waals surface area (Å²) in [6.45, 7) is 10.2. The number of nitrogens with zero attached hydrogens (tertiary/aromatic N) is 4. The third-order valence-corrected chi connectivity index (χ3v) is 10.9. The quantitative estimate of drug-likeness (QED) is 0.231. The van der Waals surface area contributed by atoms with E-state index in [0.29, 0.717) is 19.6 Å². The number of carbonyl (C=O) groups excluding carboxylic acids is 2. The minimum atomic E-state index is -4.20. The second kappa shape index (κ2) is 15.9. The number of aliphatic hydroxyl groups is 1. The van der Waals surface area contributed by atoms with Gasteiger partial charge in [-0.25, -0.2) is 22.6 Å². The Kier molecular flexibility index (Phi) is 12.4. The maximum atomic E-state index is 14.0. The number of amides is 3. The van der Waals surface area contributed by atoms with E-state index in [1.54, 1.807) is 9.80 Å². The average Bonchev–Trinajstić information content (AvgIpc) is 3.58. The number of rotatable bonds is 15. The average molecular weight is 708 g/mol. The molecule has 3 aromatic rings. The normalized spacial score (nSPS) is 15.9. The van der Waals surface area contributed by atoms with Gasteiger partial charge in [-0.3, -0.25) is 4.79 Å². The molecule has 1 aromatic heterocycles. The van der Waals surface area contributed by atoms with Gasteiger partial charge in [-0.05, 0) is 48.9 Å². The molecule has 14 heteroatoms. The van der Waals surface area contributed by atoms with Gasteiger partial charge in [0.15, 0.2) is 0 Å². The van der Waals surface area contributed by atoms with Gasteiger partial charge in [0.2, 0.25) is 15.9 Å². The van der Waals surface area contributed by atoms with Crippen LogP contribution in [0.25, 0.3) is 0 Å². The number of urea groups is 1. The Bertz CT molecular complexity index is 1640. The van der Waals surface area contributed by atoms with E-state index in [2.05, 4.69) is 10.3 Å². The minimum Gasteiger partial charge on any atom is -0.390 e. The van der Waals surface area contributed by atoms with Gasteiger partial charge in [-0.1, -0.05) is 69.6 Å². The van der Waals surface area contributed by atoms with E-state index in [0.717, 1.165) is 38.8 Å². The van der Waals surface area contributed by atoms with Crippen LogP contribution in [-0.4, -0.2) is 88.9 Å². The first-order valence-corrected chi connectivity index (χ1v) is 18.3. The van der Waals surface area contributed by atoms with Gasteiger partial charge in [-0.2, -0.15) is 4.31 Å². The van der Waals surface area contributed by atoms with Gasteiger partial charge in [-0.15, -0.1) is 11.3 Å². The highest BCUT2D eigenvalue weighted by molar-refractivity contribution is 7.89. The lowest BCUT2D eigenvalue weighted by molar-refractivity contribution is -0.128. The van der Waals surface area contributed by atoms with Crippen LogP contribution in [0.2, 0.25) is 5.02 Å². The van der Waals surface area contributed by atoms with E-state index in [-0.39, 0.29) is 47.3 Å². The van der Waals surface area contributed by atoms with Crippen LogP contribution in [0.3, 0.4) is 0 Å². The van der Waals surface area contributed by atoms with Crippen molar-refractivity contribution in [3.05, 3.63) is 81.0 Å². The van der Waals surface area contributed by atoms with Gasteiger partial charge in [0, 0.05) is 31.6 Å². The Morgan fingerprint density at radius 3 is 2.43 bits per heavy atom. The molecular weight excluding hydrogens is 665 g/mol. The zero-order valence-electron chi connectivity index (χ0n) is 27.3. The summed E-state index contributed by atoms with van der Waals surface area (Å²) in [5, 5.41) is 17.1. The summed E-state index contributed by atoms with van der Waals surface area (Å²) in [7, 11) is -4.20. The van der Waals surface area contributed by atoms with Gasteiger partial charge < -0.3 is 20.2 Å². The van der Waals surface area contributed by atoms with Crippen molar-refractivity contribution < 1.29 is 27.5 Å². The van der Waals surface area contributed by atoms with Crippen LogP contribution >= 0.6 is 22.9 Å². The van der Waals surface area contributed by atoms with Crippen LogP contribution in [0.1, 0.15) is 44.0 Å². The number of aryl methyl sites for hydroxylation is 1. The summed E-state index contributed by atoms with van der Waals surface area (Å²) in [6, 6.07) is 10.4. The molecule has 1 fully saturated rings. The fraction of sp³-hybridized carbons (Fsp3) is 0.485. The van der Waals surface area contributed by atoms with E-state index >= 15 is 0 Å². The minimum absolute atomic E-state index is 0.0611. The SMILES string of the molecule is Cc1nc(CN2CCN([C@H](C(=O)N[C@@H](Cc3ccccc3)[C@H](O)CN(CC(C)C)S(=O)(=O)c3ccc(F)c(Cl)c3)C(C)C)C2=O)cs1. The van der Waals surface area contributed by atoms with Crippen LogP contribution in [0.15, 0.2) is 58.8 Å². The van der Waals surface area contributed by atoms with Gasteiger partial charge in [0.1, 0.15) is 11.9 Å². The topological polar surface area (TPSA) is 123 Å². The maximum absolute atomic E-state index is 14.0. The van der Waals surface area contributed by atoms with Crippen molar-refractivity contribution >= 4 is 44.9 Å². The van der Waals surface area contributed by atoms with E-state index in [1.165, 1.54) is 11.3 Å². The summed E-state index contributed by atoms with van der Waals surface area (Å²) >= 11 is 7.43. The Morgan fingerprint density at radius 2 is 1.83 bits per heavy atom. The summed E-state index contributed by atoms with van der Waals surface area (Å²) in [6.07, 6.45) is -1.13. The second-order valence-corrected chi connectivity index (χ2v) is 16.0. The molecule has 1 saturated heterocycles. The van der Waals surface area contributed by atoms with Crippen molar-refractivity contribution in [3.8, 4) is 0 Å². The first kappa shape index (κ1) is 36.7. The number of hydrogen-bond acceptors (Lipinski definition) is 7. The van der Waals surface area contributed by atoms with Crippen LogP contribution in [-0.2, 0) is 27.8 Å². The van der Waals surface area contributed by atoms with Crippen molar-refractivity contribution in [2.45, 2.75) is 70.7 Å². The van der Waals surface area contributed by atoms with E-state index in [4.69, 9.17) is 11.6 Å². The number of hydrogen-bond donors (Lipinski definition) is 2. The summed E-state index contributed by atoms with van der Waals surface area (Å²) in [5.74, 6) is -1.55. The monoisotopic (exact) mass is 707 g/mol. The molecule has 2 aromatic carbocycles. The lowest BCUT2D eigenvalue weighted by atomic mass is 9.97. The summed E-state index contributed by atoms with van der Waals surface area (Å²) < 4.78 is 42.5. The largest absolute Gasteiger partial charge is 0.390 e. The second-order valence-electron chi connectivity index (χ2n) is 12.6. The van der Waals surface area contributed by atoms with Gasteiger partial charge in [0.05, 0.1) is 39.3 Å². The fourth-order valence-electron chi connectivity index (χ4n) is 5.71. The number of thiazole rings is 1. The lowest BCUT2D eigenvalue weighted by Crippen LogP contribution is -2.57. The van der Waals surface area contributed by atoms with Crippen LogP contribution in [0.4, 0.5) is 9.18 Å². The van der Waals surface area contributed by atoms with Crippen molar-refractivity contribution in [2.24, 2.45) is 11.8 Å².